The number of aliphatic hydroxyl groups is 1. The van der Waals surface area contributed by atoms with Crippen molar-refractivity contribution in [1.29, 1.82) is 0 Å². The Hall–Kier alpha value is -0.770. The van der Waals surface area contributed by atoms with Gasteiger partial charge in [-0.2, -0.15) is 0 Å². The average molecular weight is 316 g/mol. The van der Waals surface area contributed by atoms with Crippen LogP contribution in [0.4, 0.5) is 4.79 Å². The van der Waals surface area contributed by atoms with Crippen LogP contribution in [0.3, 0.4) is 0 Å². The largest absolute Gasteiger partial charge is 0.508 e. The smallest absolute Gasteiger partial charge is 0.434 e. The molecule has 3 atom stereocenters. The first-order chi connectivity index (χ1) is 10.3. The Balaban J connectivity index is 3.63. The van der Waals surface area contributed by atoms with Crippen molar-refractivity contribution in [2.75, 3.05) is 13.2 Å². The van der Waals surface area contributed by atoms with E-state index in [4.69, 9.17) is 9.47 Å². The second kappa shape index (κ2) is 12.7. The van der Waals surface area contributed by atoms with E-state index in [1.165, 1.54) is 25.7 Å². The van der Waals surface area contributed by atoms with Gasteiger partial charge in [0.25, 0.3) is 0 Å². The van der Waals surface area contributed by atoms with Gasteiger partial charge in [0.05, 0.1) is 12.7 Å². The lowest BCUT2D eigenvalue weighted by atomic mass is 9.93. The molecule has 0 aromatic heterocycles. The fourth-order valence-corrected chi connectivity index (χ4v) is 2.21. The molecule has 4 nitrogen and oxygen atoms in total. The van der Waals surface area contributed by atoms with E-state index in [0.717, 1.165) is 18.3 Å². The molecule has 4 heteroatoms. The summed E-state index contributed by atoms with van der Waals surface area (Å²) in [6.07, 6.45) is 5.41. The zero-order chi connectivity index (χ0) is 17.0. The summed E-state index contributed by atoms with van der Waals surface area (Å²) in [6.45, 7) is 11.2. The van der Waals surface area contributed by atoms with Gasteiger partial charge >= 0.3 is 6.16 Å². The highest BCUT2D eigenvalue weighted by Crippen LogP contribution is 2.19. The molecule has 0 spiro atoms. The molecule has 0 aromatic rings. The summed E-state index contributed by atoms with van der Waals surface area (Å²) in [5.41, 5.74) is 0. The molecular weight excluding hydrogens is 280 g/mol. The van der Waals surface area contributed by atoms with Gasteiger partial charge in [0.2, 0.25) is 0 Å². The van der Waals surface area contributed by atoms with E-state index in [2.05, 4.69) is 27.7 Å². The van der Waals surface area contributed by atoms with Gasteiger partial charge in [0, 0.05) is 0 Å². The average Bonchev–Trinajstić information content (AvgIpc) is 2.47. The molecule has 0 rings (SSSR count). The van der Waals surface area contributed by atoms with Gasteiger partial charge in [-0.15, -0.1) is 0 Å². The minimum atomic E-state index is -0.677. The monoisotopic (exact) mass is 316 g/mol. The quantitative estimate of drug-likeness (QED) is 0.526. The maximum atomic E-state index is 11.4. The maximum absolute atomic E-state index is 11.4. The fourth-order valence-electron chi connectivity index (χ4n) is 2.21. The lowest BCUT2D eigenvalue weighted by molar-refractivity contribution is 0.0119. The molecule has 0 saturated heterocycles. The van der Waals surface area contributed by atoms with Crippen LogP contribution >= 0.6 is 0 Å². The Morgan fingerprint density at radius 1 is 0.909 bits per heavy atom. The van der Waals surface area contributed by atoms with Crippen molar-refractivity contribution < 1.29 is 19.4 Å². The van der Waals surface area contributed by atoms with Gasteiger partial charge in [-0.05, 0) is 30.6 Å². The molecule has 22 heavy (non-hydrogen) atoms. The molecule has 0 heterocycles. The number of carbonyl (C=O) groups excluding carboxylic acids is 1. The predicted octanol–water partition coefficient (Wildman–Crippen LogP) is 4.79. The molecule has 0 aliphatic rings. The van der Waals surface area contributed by atoms with Crippen molar-refractivity contribution in [2.24, 2.45) is 17.8 Å². The molecule has 0 aliphatic carbocycles. The van der Waals surface area contributed by atoms with Crippen LogP contribution in [0.25, 0.3) is 0 Å². The third-order valence-corrected chi connectivity index (χ3v) is 3.98. The fraction of sp³-hybridized carbons (Fsp3) is 0.944. The van der Waals surface area contributed by atoms with Crippen LogP contribution in [0.5, 0.6) is 0 Å². The topological polar surface area (TPSA) is 55.8 Å². The van der Waals surface area contributed by atoms with Crippen LogP contribution in [-0.4, -0.2) is 30.6 Å². The molecule has 132 valence electrons. The molecule has 0 aromatic carbocycles. The van der Waals surface area contributed by atoms with Crippen molar-refractivity contribution in [3.05, 3.63) is 0 Å². The van der Waals surface area contributed by atoms with Crippen LogP contribution in [0.15, 0.2) is 0 Å². The lowest BCUT2D eigenvalue weighted by Gasteiger charge is -2.16. The van der Waals surface area contributed by atoms with Crippen LogP contribution in [0.1, 0.15) is 73.1 Å². The number of hydrogen-bond acceptors (Lipinski definition) is 4. The van der Waals surface area contributed by atoms with Gasteiger partial charge in [0.15, 0.2) is 0 Å². The van der Waals surface area contributed by atoms with Crippen LogP contribution in [-0.2, 0) is 9.47 Å². The van der Waals surface area contributed by atoms with Gasteiger partial charge in [-0.25, -0.2) is 4.79 Å². The molecule has 0 radical (unpaired) electrons. The third-order valence-electron chi connectivity index (χ3n) is 3.98. The van der Waals surface area contributed by atoms with Crippen LogP contribution in [0.2, 0.25) is 0 Å². The van der Waals surface area contributed by atoms with Gasteiger partial charge < -0.3 is 14.6 Å². The molecule has 0 bridgehead atoms. The van der Waals surface area contributed by atoms with Gasteiger partial charge in [-0.1, -0.05) is 60.3 Å². The van der Waals surface area contributed by atoms with E-state index in [1.807, 2.05) is 6.92 Å². The van der Waals surface area contributed by atoms with E-state index in [-0.39, 0.29) is 6.61 Å². The van der Waals surface area contributed by atoms with Crippen molar-refractivity contribution in [3.8, 4) is 0 Å². The Labute approximate surface area is 136 Å². The minimum absolute atomic E-state index is 0.0105. The first-order valence-corrected chi connectivity index (χ1v) is 8.82. The Morgan fingerprint density at radius 2 is 1.50 bits per heavy atom. The van der Waals surface area contributed by atoms with Crippen molar-refractivity contribution in [1.82, 2.24) is 0 Å². The number of rotatable bonds is 12. The van der Waals surface area contributed by atoms with E-state index in [1.54, 1.807) is 0 Å². The molecular formula is C18H36O4. The second-order valence-electron chi connectivity index (χ2n) is 7.05. The molecule has 1 N–H and O–H groups in total. The summed E-state index contributed by atoms with van der Waals surface area (Å²) < 4.78 is 9.91. The predicted molar refractivity (Wildman–Crippen MR) is 89.8 cm³/mol. The standard InChI is InChI=1S/C18H36O4/c1-6-17(19)13-22-18(20)21-12-16(5)11-10-15(4)9-7-8-14(2)3/h14-17,19H,6-13H2,1-5H3. The highest BCUT2D eigenvalue weighted by molar-refractivity contribution is 5.59. The third kappa shape index (κ3) is 12.9. The van der Waals surface area contributed by atoms with Crippen molar-refractivity contribution >= 4 is 6.16 Å². The highest BCUT2D eigenvalue weighted by atomic mass is 16.7. The molecule has 0 fully saturated rings. The maximum Gasteiger partial charge on any atom is 0.508 e. The summed E-state index contributed by atoms with van der Waals surface area (Å²) in [6, 6.07) is 0. The number of hydrogen-bond donors (Lipinski definition) is 1. The number of ether oxygens (including phenoxy) is 2. The Morgan fingerprint density at radius 3 is 2.09 bits per heavy atom. The second-order valence-corrected chi connectivity index (χ2v) is 7.05. The molecule has 3 unspecified atom stereocenters. The SMILES string of the molecule is CCC(O)COC(=O)OCC(C)CCC(C)CCCC(C)C. The van der Waals surface area contributed by atoms with Gasteiger partial charge in [-0.3, -0.25) is 0 Å². The van der Waals surface area contributed by atoms with E-state index >= 15 is 0 Å². The van der Waals surface area contributed by atoms with E-state index in [0.29, 0.717) is 18.9 Å². The Kier molecular flexibility index (Phi) is 12.3. The first kappa shape index (κ1) is 21.2. The summed E-state index contributed by atoms with van der Waals surface area (Å²) in [5, 5.41) is 9.30. The molecule has 0 saturated carbocycles. The van der Waals surface area contributed by atoms with Crippen molar-refractivity contribution in [3.63, 3.8) is 0 Å². The van der Waals surface area contributed by atoms with Crippen LogP contribution < -0.4 is 0 Å². The highest BCUT2D eigenvalue weighted by Gasteiger charge is 2.12. The van der Waals surface area contributed by atoms with E-state index < -0.39 is 12.3 Å². The number of aliphatic hydroxyl groups excluding tert-OH is 1. The van der Waals surface area contributed by atoms with E-state index in [9.17, 15) is 9.90 Å². The number of carbonyl (C=O) groups is 1. The summed E-state index contributed by atoms with van der Waals surface area (Å²) >= 11 is 0. The Bertz CT molecular complexity index is 278. The first-order valence-electron chi connectivity index (χ1n) is 8.82. The normalized spacial score (nSPS) is 15.4. The zero-order valence-electron chi connectivity index (χ0n) is 15.1. The zero-order valence-corrected chi connectivity index (χ0v) is 15.1. The van der Waals surface area contributed by atoms with Crippen LogP contribution in [0, 0.1) is 17.8 Å². The van der Waals surface area contributed by atoms with Gasteiger partial charge in [0.1, 0.15) is 6.61 Å². The molecule has 0 amide bonds. The summed E-state index contributed by atoms with van der Waals surface area (Å²) in [5.74, 6) is 1.86. The summed E-state index contributed by atoms with van der Waals surface area (Å²) in [4.78, 5) is 11.4. The summed E-state index contributed by atoms with van der Waals surface area (Å²) in [7, 11) is 0. The lowest BCUT2D eigenvalue weighted by Crippen LogP contribution is -2.20. The minimum Gasteiger partial charge on any atom is -0.434 e. The van der Waals surface area contributed by atoms with Crippen molar-refractivity contribution in [2.45, 2.75) is 79.2 Å². The molecule has 0 aliphatic heterocycles.